The number of anilines is 2. The highest BCUT2D eigenvalue weighted by atomic mass is 16.2. The molecule has 1 heterocycles. The first-order chi connectivity index (χ1) is 13.2. The molecule has 1 amide bonds. The standard InChI is InChI=1S/C23H29N3O/c1-25(22-10-6-8-18-7-2-3-9-21(18)22)17-23(27)24-19-11-13-20(14-12-19)26-15-4-5-16-26/h2-3,7,9,11-14,22H,4-6,8,10,15-17H2,1H3,(H,24,27)/t22-/m0/s1. The number of aryl methyl sites for hydroxylation is 1. The molecule has 142 valence electrons. The molecule has 2 aromatic rings. The number of carbonyl (C=O) groups is 1. The third-order valence-corrected chi connectivity index (χ3v) is 5.89. The van der Waals surface area contributed by atoms with Crippen molar-refractivity contribution in [2.24, 2.45) is 0 Å². The summed E-state index contributed by atoms with van der Waals surface area (Å²) >= 11 is 0. The molecule has 1 N–H and O–H groups in total. The minimum atomic E-state index is 0.0504. The first-order valence-corrected chi connectivity index (χ1v) is 10.1. The Balaban J connectivity index is 1.35. The van der Waals surface area contributed by atoms with Crippen LogP contribution in [0.5, 0.6) is 0 Å². The third-order valence-electron chi connectivity index (χ3n) is 5.89. The van der Waals surface area contributed by atoms with Gasteiger partial charge >= 0.3 is 0 Å². The summed E-state index contributed by atoms with van der Waals surface area (Å²) in [5.74, 6) is 0.0504. The molecule has 1 aliphatic carbocycles. The zero-order valence-corrected chi connectivity index (χ0v) is 16.2. The normalized spacial score (nSPS) is 19.2. The van der Waals surface area contributed by atoms with Gasteiger partial charge in [-0.15, -0.1) is 0 Å². The van der Waals surface area contributed by atoms with Crippen LogP contribution in [0.25, 0.3) is 0 Å². The second-order valence-electron chi connectivity index (χ2n) is 7.81. The summed E-state index contributed by atoms with van der Waals surface area (Å²) in [6.45, 7) is 2.69. The maximum atomic E-state index is 12.6. The molecule has 1 fully saturated rings. The number of hydrogen-bond donors (Lipinski definition) is 1. The van der Waals surface area contributed by atoms with Gasteiger partial charge in [0.25, 0.3) is 0 Å². The molecule has 4 heteroatoms. The summed E-state index contributed by atoms with van der Waals surface area (Å²) in [7, 11) is 2.06. The van der Waals surface area contributed by atoms with Crippen LogP contribution in [-0.2, 0) is 11.2 Å². The van der Waals surface area contributed by atoms with Crippen LogP contribution in [0.2, 0.25) is 0 Å². The average Bonchev–Trinajstić information content (AvgIpc) is 3.23. The molecule has 4 rings (SSSR count). The molecular weight excluding hydrogens is 334 g/mol. The van der Waals surface area contributed by atoms with E-state index in [1.165, 1.54) is 36.1 Å². The van der Waals surface area contributed by atoms with Gasteiger partial charge in [0.1, 0.15) is 0 Å². The number of benzene rings is 2. The van der Waals surface area contributed by atoms with Crippen molar-refractivity contribution in [3.8, 4) is 0 Å². The maximum absolute atomic E-state index is 12.6. The number of likely N-dealkylation sites (N-methyl/N-ethyl adjacent to an activating group) is 1. The maximum Gasteiger partial charge on any atom is 0.238 e. The Morgan fingerprint density at radius 3 is 2.59 bits per heavy atom. The van der Waals surface area contributed by atoms with Crippen LogP contribution >= 0.6 is 0 Å². The summed E-state index contributed by atoms with van der Waals surface area (Å²) in [5.41, 5.74) is 4.94. The second-order valence-corrected chi connectivity index (χ2v) is 7.81. The molecule has 4 nitrogen and oxygen atoms in total. The van der Waals surface area contributed by atoms with Crippen LogP contribution < -0.4 is 10.2 Å². The minimum Gasteiger partial charge on any atom is -0.372 e. The van der Waals surface area contributed by atoms with Crippen LogP contribution in [0, 0.1) is 0 Å². The largest absolute Gasteiger partial charge is 0.372 e. The van der Waals surface area contributed by atoms with Gasteiger partial charge in [-0.25, -0.2) is 0 Å². The highest BCUT2D eigenvalue weighted by Gasteiger charge is 2.24. The lowest BCUT2D eigenvalue weighted by atomic mass is 9.87. The molecule has 0 saturated carbocycles. The van der Waals surface area contributed by atoms with Crippen LogP contribution in [-0.4, -0.2) is 37.5 Å². The number of hydrogen-bond acceptors (Lipinski definition) is 3. The first-order valence-electron chi connectivity index (χ1n) is 10.1. The highest BCUT2D eigenvalue weighted by Crippen LogP contribution is 2.33. The van der Waals surface area contributed by atoms with E-state index < -0.39 is 0 Å². The summed E-state index contributed by atoms with van der Waals surface area (Å²) in [5, 5.41) is 3.05. The van der Waals surface area contributed by atoms with Crippen molar-refractivity contribution in [1.29, 1.82) is 0 Å². The van der Waals surface area contributed by atoms with E-state index in [1.807, 2.05) is 12.1 Å². The van der Waals surface area contributed by atoms with Gasteiger partial charge in [-0.3, -0.25) is 9.69 Å². The van der Waals surface area contributed by atoms with Gasteiger partial charge in [0.05, 0.1) is 6.54 Å². The van der Waals surface area contributed by atoms with Crippen LogP contribution in [0.1, 0.15) is 42.9 Å². The third kappa shape index (κ3) is 4.16. The summed E-state index contributed by atoms with van der Waals surface area (Å²) < 4.78 is 0. The van der Waals surface area contributed by atoms with Crippen molar-refractivity contribution in [1.82, 2.24) is 4.90 Å². The average molecular weight is 364 g/mol. The van der Waals surface area contributed by atoms with Crippen LogP contribution in [0.4, 0.5) is 11.4 Å². The molecule has 0 radical (unpaired) electrons. The van der Waals surface area contributed by atoms with Crippen molar-refractivity contribution >= 4 is 17.3 Å². The molecule has 0 unspecified atom stereocenters. The van der Waals surface area contributed by atoms with Crippen molar-refractivity contribution in [3.05, 3.63) is 59.7 Å². The summed E-state index contributed by atoms with van der Waals surface area (Å²) in [6, 6.07) is 17.2. The molecule has 0 aromatic heterocycles. The van der Waals surface area contributed by atoms with Gasteiger partial charge in [0, 0.05) is 30.5 Å². The lowest BCUT2D eigenvalue weighted by Crippen LogP contribution is -2.34. The fourth-order valence-electron chi connectivity index (χ4n) is 4.45. The number of rotatable bonds is 5. The van der Waals surface area contributed by atoms with E-state index >= 15 is 0 Å². The van der Waals surface area contributed by atoms with E-state index in [0.717, 1.165) is 31.6 Å². The minimum absolute atomic E-state index is 0.0504. The monoisotopic (exact) mass is 363 g/mol. The predicted molar refractivity (Wildman–Crippen MR) is 111 cm³/mol. The summed E-state index contributed by atoms with van der Waals surface area (Å²) in [6.07, 6.45) is 6.00. The Bertz CT molecular complexity index is 780. The van der Waals surface area contributed by atoms with E-state index in [9.17, 15) is 4.79 Å². The lowest BCUT2D eigenvalue weighted by Gasteiger charge is -2.32. The van der Waals surface area contributed by atoms with Crippen molar-refractivity contribution < 1.29 is 4.79 Å². The van der Waals surface area contributed by atoms with Crippen molar-refractivity contribution in [2.75, 3.05) is 36.9 Å². The second kappa shape index (κ2) is 8.13. The molecule has 1 atom stereocenters. The number of nitrogens with one attached hydrogen (secondary N) is 1. The van der Waals surface area contributed by atoms with Gasteiger partial charge in [-0.1, -0.05) is 24.3 Å². The van der Waals surface area contributed by atoms with Gasteiger partial charge in [-0.2, -0.15) is 0 Å². The Morgan fingerprint density at radius 1 is 1.07 bits per heavy atom. The smallest absolute Gasteiger partial charge is 0.238 e. The zero-order chi connectivity index (χ0) is 18.6. The van der Waals surface area contributed by atoms with Gasteiger partial charge in [0.2, 0.25) is 5.91 Å². The highest BCUT2D eigenvalue weighted by molar-refractivity contribution is 5.92. The predicted octanol–water partition coefficient (Wildman–Crippen LogP) is 4.23. The lowest BCUT2D eigenvalue weighted by molar-refractivity contribution is -0.117. The van der Waals surface area contributed by atoms with Crippen LogP contribution in [0.3, 0.4) is 0 Å². The Labute approximate surface area is 162 Å². The van der Waals surface area contributed by atoms with Gasteiger partial charge < -0.3 is 10.2 Å². The number of fused-ring (bicyclic) bond motifs is 1. The van der Waals surface area contributed by atoms with Crippen LogP contribution in [0.15, 0.2) is 48.5 Å². The quantitative estimate of drug-likeness (QED) is 0.863. The Morgan fingerprint density at radius 2 is 1.81 bits per heavy atom. The molecule has 2 aromatic carbocycles. The van der Waals surface area contributed by atoms with E-state index in [-0.39, 0.29) is 5.91 Å². The molecular formula is C23H29N3O. The van der Waals surface area contributed by atoms with Gasteiger partial charge in [0.15, 0.2) is 0 Å². The van der Waals surface area contributed by atoms with Crippen molar-refractivity contribution in [3.63, 3.8) is 0 Å². The molecule has 0 spiro atoms. The first kappa shape index (κ1) is 18.1. The molecule has 1 saturated heterocycles. The Kier molecular flexibility index (Phi) is 5.44. The van der Waals surface area contributed by atoms with E-state index in [4.69, 9.17) is 0 Å². The van der Waals surface area contributed by atoms with Gasteiger partial charge in [-0.05, 0) is 74.5 Å². The van der Waals surface area contributed by atoms with Crippen molar-refractivity contribution in [2.45, 2.75) is 38.1 Å². The SMILES string of the molecule is CN(CC(=O)Nc1ccc(N2CCCC2)cc1)[C@H]1CCCc2ccccc21. The summed E-state index contributed by atoms with van der Waals surface area (Å²) in [4.78, 5) is 17.1. The number of amides is 1. The molecule has 1 aliphatic heterocycles. The number of carbonyl (C=O) groups excluding carboxylic acids is 1. The molecule has 0 bridgehead atoms. The topological polar surface area (TPSA) is 35.6 Å². The number of nitrogens with zero attached hydrogens (tertiary/aromatic N) is 2. The van der Waals surface area contributed by atoms with E-state index in [0.29, 0.717) is 12.6 Å². The molecule has 27 heavy (non-hydrogen) atoms. The van der Waals surface area contributed by atoms with E-state index in [2.05, 4.69) is 58.6 Å². The molecule has 2 aliphatic rings. The zero-order valence-electron chi connectivity index (χ0n) is 16.2. The Hall–Kier alpha value is -2.33. The fraction of sp³-hybridized carbons (Fsp3) is 0.435. The fourth-order valence-corrected chi connectivity index (χ4v) is 4.45. The van der Waals surface area contributed by atoms with E-state index in [1.54, 1.807) is 0 Å².